The van der Waals surface area contributed by atoms with Gasteiger partial charge < -0.3 is 24.3 Å². The highest BCUT2D eigenvalue weighted by atomic mass is 31.2. The number of methoxy groups -OCH3 is 1. The van der Waals surface area contributed by atoms with Crippen molar-refractivity contribution in [2.24, 2.45) is 11.8 Å². The van der Waals surface area contributed by atoms with E-state index in [1.54, 1.807) is 56.4 Å². The predicted octanol–water partition coefficient (Wildman–Crippen LogP) is 5.15. The van der Waals surface area contributed by atoms with E-state index >= 15 is 0 Å². The van der Waals surface area contributed by atoms with Crippen molar-refractivity contribution < 1.29 is 55.7 Å². The number of aromatic nitrogens is 7. The second kappa shape index (κ2) is 21.3. The molecular formula is C40H47N11O13P2. The van der Waals surface area contributed by atoms with Gasteiger partial charge in [-0.1, -0.05) is 32.0 Å². The number of hydrogen-bond acceptors (Lipinski definition) is 18. The number of anilines is 2. The largest absolute Gasteiger partial charge is 0.475 e. The summed E-state index contributed by atoms with van der Waals surface area (Å²) in [4.78, 5) is 68.6. The standard InChI is InChI=1S/C40H47N11O13P2/c1-24(2)37(52)48-40-47-36-33(39(54)49-40)45-23-51(36)32-19-30(58-3)31(63-32)21-62-66(57,60-16-8-13-42)64-29-18-27(17-26(29)20-61-65(55,56)59-15-7-12-41)50-14-11-28-34(43-22-44-35(28)50)46-38(53)25-9-5-4-6-10-25/h4-6,9-11,14,22-24,26-27,29-32H,7-8,15-21H2,1-3H3,(H,55,56)(H,43,44,46,53)(H2,47,48,49,52,54)/t26-,27-,29+,30+,31-,32-,66?/m1/s1. The summed E-state index contributed by atoms with van der Waals surface area (Å²) in [6, 6.07) is 13.6. The highest BCUT2D eigenvalue weighted by molar-refractivity contribution is 7.48. The summed E-state index contributed by atoms with van der Waals surface area (Å²) < 4.78 is 70.9. The van der Waals surface area contributed by atoms with Crippen molar-refractivity contribution in [2.75, 3.05) is 44.2 Å². The molecular weight excluding hydrogens is 904 g/mol. The van der Waals surface area contributed by atoms with Gasteiger partial charge in [0, 0.05) is 43.2 Å². The molecule has 1 saturated heterocycles. The van der Waals surface area contributed by atoms with Crippen molar-refractivity contribution in [1.82, 2.24) is 34.1 Å². The van der Waals surface area contributed by atoms with Gasteiger partial charge in [-0.3, -0.25) is 51.9 Å². The van der Waals surface area contributed by atoms with Gasteiger partial charge in [-0.15, -0.1) is 0 Å². The van der Waals surface area contributed by atoms with E-state index in [0.717, 1.165) is 0 Å². The Hall–Kier alpha value is -5.75. The molecule has 5 heterocycles. The summed E-state index contributed by atoms with van der Waals surface area (Å²) in [5, 5.41) is 24.1. The average molecular weight is 952 g/mol. The van der Waals surface area contributed by atoms with E-state index in [0.29, 0.717) is 16.6 Å². The Morgan fingerprint density at radius 1 is 0.939 bits per heavy atom. The Morgan fingerprint density at radius 3 is 2.42 bits per heavy atom. The van der Waals surface area contributed by atoms with Crippen molar-refractivity contribution >= 4 is 61.4 Å². The number of ether oxygens (including phenoxy) is 2. The number of hydrogen-bond donors (Lipinski definition) is 4. The van der Waals surface area contributed by atoms with Crippen LogP contribution in [0.2, 0.25) is 0 Å². The van der Waals surface area contributed by atoms with Crippen LogP contribution < -0.4 is 16.2 Å². The molecule has 5 aromatic rings. The van der Waals surface area contributed by atoms with Crippen LogP contribution in [0.4, 0.5) is 11.8 Å². The fourth-order valence-electron chi connectivity index (χ4n) is 7.52. The van der Waals surface area contributed by atoms with Gasteiger partial charge in [0.25, 0.3) is 11.5 Å². The number of carbonyl (C=O) groups is 2. The number of imidazole rings is 1. The quantitative estimate of drug-likeness (QED) is 0.0545. The highest BCUT2D eigenvalue weighted by Gasteiger charge is 2.45. The summed E-state index contributed by atoms with van der Waals surface area (Å²) in [6.07, 6.45) is 1.20. The van der Waals surface area contributed by atoms with Crippen molar-refractivity contribution in [3.8, 4) is 12.1 Å². The molecule has 66 heavy (non-hydrogen) atoms. The number of carbonyl (C=O) groups excluding carboxylic acids is 2. The number of nitriles is 2. The molecule has 24 nitrogen and oxygen atoms in total. The topological polar surface area (TPSA) is 319 Å². The number of nitrogens with zero attached hydrogens (tertiary/aromatic N) is 8. The van der Waals surface area contributed by atoms with Crippen LogP contribution in [0, 0.1) is 34.5 Å². The van der Waals surface area contributed by atoms with Gasteiger partial charge in [0.05, 0.1) is 75.3 Å². The number of rotatable bonds is 21. The first kappa shape index (κ1) is 48.2. The van der Waals surface area contributed by atoms with Crippen LogP contribution in [0.5, 0.6) is 0 Å². The van der Waals surface area contributed by atoms with E-state index in [1.165, 1.54) is 24.3 Å². The van der Waals surface area contributed by atoms with Gasteiger partial charge >= 0.3 is 15.6 Å². The van der Waals surface area contributed by atoms with Crippen molar-refractivity contribution in [3.63, 3.8) is 0 Å². The Bertz CT molecular complexity index is 2770. The smallest absolute Gasteiger partial charge is 0.378 e. The maximum absolute atomic E-state index is 14.6. The van der Waals surface area contributed by atoms with E-state index in [1.807, 2.05) is 16.7 Å². The molecule has 26 heteroatoms. The second-order valence-electron chi connectivity index (χ2n) is 15.5. The lowest BCUT2D eigenvalue weighted by Crippen LogP contribution is -2.29. The molecule has 1 saturated carbocycles. The number of amides is 2. The summed E-state index contributed by atoms with van der Waals surface area (Å²) in [5.41, 5.74) is 0.389. The molecule has 1 aliphatic carbocycles. The summed E-state index contributed by atoms with van der Waals surface area (Å²) in [7, 11) is -7.82. The van der Waals surface area contributed by atoms with E-state index in [4.69, 9.17) is 37.4 Å². The molecule has 2 aliphatic rings. The van der Waals surface area contributed by atoms with Crippen molar-refractivity contribution in [2.45, 2.75) is 76.5 Å². The molecule has 2 fully saturated rings. The van der Waals surface area contributed by atoms with Gasteiger partial charge in [0.2, 0.25) is 11.9 Å². The molecule has 0 radical (unpaired) electrons. The minimum atomic E-state index is -4.66. The first-order valence-electron chi connectivity index (χ1n) is 20.8. The molecule has 4 N–H and O–H groups in total. The van der Waals surface area contributed by atoms with Crippen LogP contribution in [0.1, 0.15) is 68.6 Å². The lowest BCUT2D eigenvalue weighted by atomic mass is 10.1. The molecule has 350 valence electrons. The fourth-order valence-corrected chi connectivity index (χ4v) is 9.72. The van der Waals surface area contributed by atoms with Gasteiger partial charge in [-0.2, -0.15) is 15.5 Å². The second-order valence-corrected chi connectivity index (χ2v) is 18.6. The average Bonchev–Trinajstić information content (AvgIpc) is 4.11. The monoisotopic (exact) mass is 951 g/mol. The number of phosphoric ester groups is 2. The van der Waals surface area contributed by atoms with Crippen LogP contribution in [0.3, 0.4) is 0 Å². The van der Waals surface area contributed by atoms with Gasteiger partial charge in [0.15, 0.2) is 11.2 Å². The molecule has 7 rings (SSSR count). The number of H-pyrrole nitrogens is 1. The summed E-state index contributed by atoms with van der Waals surface area (Å²) in [5.74, 6) is -1.70. The molecule has 0 bridgehead atoms. The lowest BCUT2D eigenvalue weighted by molar-refractivity contribution is -0.118. The Labute approximate surface area is 376 Å². The molecule has 1 aromatic carbocycles. The summed E-state index contributed by atoms with van der Waals surface area (Å²) >= 11 is 0. The Kier molecular flexibility index (Phi) is 15.5. The van der Waals surface area contributed by atoms with Crippen molar-refractivity contribution in [1.29, 1.82) is 10.5 Å². The molecule has 0 spiro atoms. The van der Waals surface area contributed by atoms with Gasteiger partial charge in [-0.05, 0) is 31.0 Å². The normalized spacial score (nSPS) is 22.5. The third kappa shape index (κ3) is 11.4. The summed E-state index contributed by atoms with van der Waals surface area (Å²) in [6.45, 7) is 1.82. The molecule has 8 atom stereocenters. The predicted molar refractivity (Wildman–Crippen MR) is 231 cm³/mol. The third-order valence-electron chi connectivity index (χ3n) is 10.8. The third-order valence-corrected chi connectivity index (χ3v) is 13.3. The molecule has 2 amide bonds. The molecule has 2 unspecified atom stereocenters. The van der Waals surface area contributed by atoms with Crippen molar-refractivity contribution in [3.05, 3.63) is 71.2 Å². The first-order chi connectivity index (χ1) is 31.7. The maximum Gasteiger partial charge on any atom is 0.475 e. The molecule has 1 aliphatic heterocycles. The van der Waals surface area contributed by atoms with Gasteiger partial charge in [0.1, 0.15) is 30.1 Å². The lowest BCUT2D eigenvalue weighted by Gasteiger charge is -2.26. The van der Waals surface area contributed by atoms with Crippen LogP contribution in [-0.2, 0) is 46.0 Å². The Balaban J connectivity index is 1.11. The van der Waals surface area contributed by atoms with E-state index in [-0.39, 0.29) is 86.0 Å². The number of fused-ring (bicyclic) bond motifs is 2. The highest BCUT2D eigenvalue weighted by Crippen LogP contribution is 2.56. The zero-order chi connectivity index (χ0) is 47.0. The van der Waals surface area contributed by atoms with E-state index in [2.05, 4.69) is 35.6 Å². The van der Waals surface area contributed by atoms with E-state index < -0.39 is 70.9 Å². The number of phosphoric acid groups is 2. The SMILES string of the molecule is CO[C@H]1C[C@H](n2cnc3c(=O)[nH]c(NC(=O)C(C)C)nc32)O[C@@H]1COP(=O)(OCCC#N)O[C@H]1C[C@H](n2ccc3c(NC(=O)c4ccccc4)ncnc32)C[C@@H]1COP(=O)(O)OCCC#N. The van der Waals surface area contributed by atoms with Crippen LogP contribution >= 0.6 is 15.6 Å². The number of aromatic amines is 1. The minimum Gasteiger partial charge on any atom is -0.378 e. The fraction of sp³-hybridized carbons (Fsp3) is 0.475. The zero-order valence-electron chi connectivity index (χ0n) is 35.9. The van der Waals surface area contributed by atoms with Crippen LogP contribution in [0.25, 0.3) is 22.2 Å². The van der Waals surface area contributed by atoms with Gasteiger partial charge in [-0.25, -0.2) is 24.1 Å². The number of benzene rings is 1. The Morgan fingerprint density at radius 2 is 1.70 bits per heavy atom. The van der Waals surface area contributed by atoms with Crippen LogP contribution in [-0.4, -0.2) is 103 Å². The number of nitrogens with one attached hydrogen (secondary N) is 3. The molecule has 4 aromatic heterocycles. The maximum atomic E-state index is 14.6. The minimum absolute atomic E-state index is 0.00563. The zero-order valence-corrected chi connectivity index (χ0v) is 37.7. The first-order valence-corrected chi connectivity index (χ1v) is 23.7. The van der Waals surface area contributed by atoms with Crippen LogP contribution in [0.15, 0.2) is 60.0 Å². The van der Waals surface area contributed by atoms with E-state index in [9.17, 15) is 33.7 Å².